The van der Waals surface area contributed by atoms with Crippen LogP contribution >= 0.6 is 0 Å². The van der Waals surface area contributed by atoms with Gasteiger partial charge in [0.1, 0.15) is 6.20 Å². The van der Waals surface area contributed by atoms with Crippen molar-refractivity contribution in [1.29, 1.82) is 0 Å². The van der Waals surface area contributed by atoms with E-state index in [2.05, 4.69) is 20.3 Å². The van der Waals surface area contributed by atoms with E-state index in [0.717, 1.165) is 0 Å². The van der Waals surface area contributed by atoms with Crippen LogP contribution in [0.4, 0.5) is 22.9 Å². The molecule has 0 radical (unpaired) electrons. The molecule has 0 fully saturated rings. The highest BCUT2D eigenvalue weighted by Gasteiger charge is 2.18. The first-order valence-corrected chi connectivity index (χ1v) is 7.05. The zero-order chi connectivity index (χ0) is 18.2. The number of hydrogen-bond acceptors (Lipinski definition) is 7. The third kappa shape index (κ3) is 4.62. The minimum Gasteiger partial charge on any atom is -0.377 e. The summed E-state index contributed by atoms with van der Waals surface area (Å²) in [7, 11) is 3.57. The number of anilines is 1. The maximum atomic E-state index is 11.3. The number of azo groups is 1. The number of nitrogens with zero attached hydrogens (tertiary/aromatic N) is 8. The summed E-state index contributed by atoms with van der Waals surface area (Å²) in [6.07, 6.45) is 1.55. The van der Waals surface area contributed by atoms with Crippen LogP contribution in [-0.2, 0) is 0 Å². The summed E-state index contributed by atoms with van der Waals surface area (Å²) in [6.45, 7) is -0.231. The van der Waals surface area contributed by atoms with Gasteiger partial charge in [-0.3, -0.25) is 10.1 Å². The zero-order valence-electron chi connectivity index (χ0n) is 13.6. The highest BCUT2D eigenvalue weighted by atomic mass is 16.7. The highest BCUT2D eigenvalue weighted by molar-refractivity contribution is 5.65. The highest BCUT2D eigenvalue weighted by Crippen LogP contribution is 2.32. The molecule has 2 aromatic rings. The molecule has 1 heterocycles. The molecule has 0 amide bonds. The van der Waals surface area contributed by atoms with Gasteiger partial charge in [-0.2, -0.15) is 0 Å². The molecule has 11 heteroatoms. The summed E-state index contributed by atoms with van der Waals surface area (Å²) in [5.74, 6) is 0.279. The molecule has 0 saturated carbocycles. The molecule has 11 nitrogen and oxygen atoms in total. The van der Waals surface area contributed by atoms with Crippen molar-refractivity contribution in [2.45, 2.75) is 0 Å². The topological polar surface area (TPSA) is 133 Å². The molecule has 1 aromatic carbocycles. The predicted octanol–water partition coefficient (Wildman–Crippen LogP) is 3.06. The number of pyridine rings is 1. The van der Waals surface area contributed by atoms with Gasteiger partial charge in [0.25, 0.3) is 0 Å². The molecular formula is C14H15N8O3+. The largest absolute Gasteiger partial charge is 0.388 e. The fourth-order valence-electron chi connectivity index (χ4n) is 1.85. The van der Waals surface area contributed by atoms with Crippen molar-refractivity contribution in [3.05, 3.63) is 63.2 Å². The van der Waals surface area contributed by atoms with Crippen LogP contribution in [0.1, 0.15) is 0 Å². The van der Waals surface area contributed by atoms with E-state index in [1.807, 2.05) is 0 Å². The van der Waals surface area contributed by atoms with Crippen LogP contribution in [-0.4, -0.2) is 25.7 Å². The van der Waals surface area contributed by atoms with Crippen molar-refractivity contribution in [1.82, 2.24) is 0 Å². The molecule has 0 saturated heterocycles. The lowest BCUT2D eigenvalue weighted by atomic mass is 10.2. The summed E-state index contributed by atoms with van der Waals surface area (Å²) < 4.78 is 1.25. The monoisotopic (exact) mass is 343 g/mol. The van der Waals surface area contributed by atoms with Gasteiger partial charge in [-0.1, -0.05) is 0 Å². The Morgan fingerprint density at radius 3 is 2.80 bits per heavy atom. The van der Waals surface area contributed by atoms with Gasteiger partial charge in [-0.05, 0) is 44.8 Å². The Balaban J connectivity index is 2.33. The second kappa shape index (κ2) is 8.22. The number of nitro benzene ring substituents is 1. The molecule has 0 spiro atoms. The maximum absolute atomic E-state index is 11.3. The smallest absolute Gasteiger partial charge is 0.377 e. The van der Waals surface area contributed by atoms with Crippen molar-refractivity contribution in [3.63, 3.8) is 0 Å². The Morgan fingerprint density at radius 2 is 2.12 bits per heavy atom. The van der Waals surface area contributed by atoms with Crippen LogP contribution in [0.5, 0.6) is 0 Å². The summed E-state index contributed by atoms with van der Waals surface area (Å²) in [6, 6.07) is 9.63. The van der Waals surface area contributed by atoms with Crippen LogP contribution in [0.2, 0.25) is 0 Å². The van der Waals surface area contributed by atoms with Gasteiger partial charge in [0.2, 0.25) is 6.73 Å². The number of nitro groups is 1. The van der Waals surface area contributed by atoms with Crippen molar-refractivity contribution in [2.75, 3.05) is 25.7 Å². The fourth-order valence-corrected chi connectivity index (χ4v) is 1.85. The summed E-state index contributed by atoms with van der Waals surface area (Å²) >= 11 is 0. The minimum absolute atomic E-state index is 0.112. The lowest BCUT2D eigenvalue weighted by Crippen LogP contribution is -2.42. The van der Waals surface area contributed by atoms with Crippen LogP contribution < -0.4 is 14.5 Å². The third-order valence-corrected chi connectivity index (χ3v) is 3.05. The Morgan fingerprint density at radius 1 is 1.32 bits per heavy atom. The molecule has 0 N–H and O–H groups in total. The van der Waals surface area contributed by atoms with E-state index in [1.54, 1.807) is 49.5 Å². The van der Waals surface area contributed by atoms with E-state index in [1.165, 1.54) is 16.9 Å². The van der Waals surface area contributed by atoms with Gasteiger partial charge in [0.15, 0.2) is 5.69 Å². The summed E-state index contributed by atoms with van der Waals surface area (Å²) in [5, 5.41) is 22.4. The van der Waals surface area contributed by atoms with Crippen LogP contribution in [0.15, 0.2) is 57.9 Å². The van der Waals surface area contributed by atoms with E-state index >= 15 is 0 Å². The second-order valence-electron chi connectivity index (χ2n) is 4.90. The van der Waals surface area contributed by atoms with Crippen LogP contribution in [0, 0.1) is 10.1 Å². The fraction of sp³-hybridized carbons (Fsp3) is 0.214. The minimum atomic E-state index is -0.515. The van der Waals surface area contributed by atoms with E-state index in [4.69, 9.17) is 10.4 Å². The number of hydrogen-bond donors (Lipinski definition) is 0. The van der Waals surface area contributed by atoms with E-state index in [0.29, 0.717) is 5.69 Å². The number of rotatable bonds is 7. The van der Waals surface area contributed by atoms with Gasteiger partial charge in [0.05, 0.1) is 10.0 Å². The van der Waals surface area contributed by atoms with Gasteiger partial charge in [-0.25, -0.2) is 0 Å². The normalized spacial score (nSPS) is 10.3. The number of azide groups is 1. The predicted molar refractivity (Wildman–Crippen MR) is 88.8 cm³/mol. The number of aromatic nitrogens is 1. The van der Waals surface area contributed by atoms with Crippen molar-refractivity contribution >= 4 is 22.9 Å². The Labute approximate surface area is 142 Å². The molecule has 0 aliphatic heterocycles. The van der Waals surface area contributed by atoms with E-state index in [9.17, 15) is 10.1 Å². The summed E-state index contributed by atoms with van der Waals surface area (Å²) in [4.78, 5) is 20.3. The van der Waals surface area contributed by atoms with Crippen molar-refractivity contribution < 1.29 is 14.5 Å². The Hall–Kier alpha value is -3.72. The molecule has 1 aromatic heterocycles. The van der Waals surface area contributed by atoms with Crippen LogP contribution in [0.3, 0.4) is 0 Å². The second-order valence-corrected chi connectivity index (χ2v) is 4.90. The average molecular weight is 343 g/mol. The van der Waals surface area contributed by atoms with Crippen molar-refractivity contribution in [2.24, 2.45) is 15.3 Å². The Kier molecular flexibility index (Phi) is 5.80. The molecule has 0 aliphatic carbocycles. The van der Waals surface area contributed by atoms with E-state index in [-0.39, 0.29) is 23.9 Å². The quantitative estimate of drug-likeness (QED) is 0.191. The molecule has 0 unspecified atom stereocenters. The van der Waals surface area contributed by atoms with Gasteiger partial charge >= 0.3 is 11.5 Å². The first kappa shape index (κ1) is 17.6. The van der Waals surface area contributed by atoms with Gasteiger partial charge in [0, 0.05) is 36.8 Å². The molecule has 128 valence electrons. The van der Waals surface area contributed by atoms with Crippen LogP contribution in [0.25, 0.3) is 10.4 Å². The standard InChI is InChI=1S/C14H15N8O3/c1-20(2)11-6-7-12(13(9-11)22(23)24)17-18-14-5-3-4-8-21(14)25-10-16-19-15/h3-9H,10H2,1-2H3/q+1. The average Bonchev–Trinajstić information content (AvgIpc) is 2.60. The molecule has 0 bridgehead atoms. The first-order valence-electron chi connectivity index (χ1n) is 7.05. The third-order valence-electron chi connectivity index (χ3n) is 3.05. The first-order chi connectivity index (χ1) is 12.0. The molecular weight excluding hydrogens is 328 g/mol. The lowest BCUT2D eigenvalue weighted by Gasteiger charge is -2.11. The SMILES string of the molecule is CN(C)c1ccc(N=Nc2cccc[n+]2OCN=[N+]=[N-])c([N+](=O)[O-])c1. The molecule has 2 rings (SSSR count). The van der Waals surface area contributed by atoms with Gasteiger partial charge in [-0.15, -0.1) is 0 Å². The number of benzene rings is 1. The maximum Gasteiger partial charge on any atom is 0.388 e. The van der Waals surface area contributed by atoms with Crippen molar-refractivity contribution in [3.8, 4) is 0 Å². The lowest BCUT2D eigenvalue weighted by molar-refractivity contribution is -0.881. The Bertz CT molecular complexity index is 846. The van der Waals surface area contributed by atoms with Gasteiger partial charge < -0.3 is 9.74 Å². The zero-order valence-corrected chi connectivity index (χ0v) is 13.6. The van der Waals surface area contributed by atoms with E-state index < -0.39 is 4.92 Å². The molecule has 0 atom stereocenters. The molecule has 0 aliphatic rings. The molecule has 25 heavy (non-hydrogen) atoms. The summed E-state index contributed by atoms with van der Waals surface area (Å²) in [5.41, 5.74) is 8.90.